The Morgan fingerprint density at radius 2 is 2.12 bits per heavy atom. The van der Waals surface area contributed by atoms with Gasteiger partial charge in [-0.2, -0.15) is 0 Å². The van der Waals surface area contributed by atoms with E-state index in [1.165, 1.54) is 12.1 Å². The number of aryl methyl sites for hydroxylation is 1. The van der Waals surface area contributed by atoms with Gasteiger partial charge in [0.15, 0.2) is 0 Å². The van der Waals surface area contributed by atoms with Crippen molar-refractivity contribution in [1.82, 2.24) is 10.2 Å². The highest BCUT2D eigenvalue weighted by atomic mass is 35.5. The zero-order valence-electron chi connectivity index (χ0n) is 13.4. The lowest BCUT2D eigenvalue weighted by Gasteiger charge is -2.28. The van der Waals surface area contributed by atoms with E-state index in [2.05, 4.69) is 10.6 Å². The molecule has 1 aromatic rings. The molecule has 0 aliphatic carbocycles. The largest absolute Gasteiger partial charge is 0.325 e. The van der Waals surface area contributed by atoms with Crippen molar-refractivity contribution in [2.75, 3.05) is 11.2 Å². The Morgan fingerprint density at radius 3 is 2.68 bits per heavy atom. The minimum absolute atomic E-state index is 0.0520. The van der Waals surface area contributed by atoms with Crippen LogP contribution in [-0.4, -0.2) is 46.9 Å². The number of piperidine rings is 1. The molecule has 1 unspecified atom stereocenters. The number of amides is 5. The van der Waals surface area contributed by atoms with Crippen molar-refractivity contribution in [3.63, 3.8) is 0 Å². The second kappa shape index (κ2) is 7.89. The Bertz CT molecular complexity index is 749. The van der Waals surface area contributed by atoms with Gasteiger partial charge in [0, 0.05) is 17.7 Å². The van der Waals surface area contributed by atoms with Gasteiger partial charge in [0.1, 0.15) is 11.9 Å². The highest BCUT2D eigenvalue weighted by Crippen LogP contribution is 2.20. The fraction of sp³-hybridized carbons (Fsp3) is 0.312. The van der Waals surface area contributed by atoms with Gasteiger partial charge in [-0.15, -0.1) is 11.6 Å². The average Bonchev–Trinajstić information content (AvgIpc) is 2.57. The molecule has 1 fully saturated rings. The van der Waals surface area contributed by atoms with E-state index in [9.17, 15) is 24.0 Å². The number of anilines is 1. The average molecular weight is 366 g/mol. The summed E-state index contributed by atoms with van der Waals surface area (Å²) >= 11 is 5.42. The molecular weight excluding hydrogens is 350 g/mol. The van der Waals surface area contributed by atoms with Crippen LogP contribution >= 0.6 is 11.6 Å². The van der Waals surface area contributed by atoms with E-state index in [0.29, 0.717) is 11.3 Å². The summed E-state index contributed by atoms with van der Waals surface area (Å²) in [5.41, 5.74) is 1.18. The third-order valence-corrected chi connectivity index (χ3v) is 4.00. The first-order valence-corrected chi connectivity index (χ1v) is 7.99. The molecule has 1 aliphatic rings. The molecule has 1 heterocycles. The molecule has 0 bridgehead atoms. The van der Waals surface area contributed by atoms with Gasteiger partial charge in [0.25, 0.3) is 5.91 Å². The molecule has 0 aromatic heterocycles. The van der Waals surface area contributed by atoms with Crippen LogP contribution in [0.25, 0.3) is 0 Å². The number of benzene rings is 1. The van der Waals surface area contributed by atoms with Gasteiger partial charge < -0.3 is 5.32 Å². The van der Waals surface area contributed by atoms with E-state index in [0.717, 1.165) is 4.90 Å². The van der Waals surface area contributed by atoms with E-state index in [4.69, 9.17) is 11.6 Å². The van der Waals surface area contributed by atoms with E-state index in [1.807, 2.05) is 0 Å². The van der Waals surface area contributed by atoms with Crippen LogP contribution in [0.5, 0.6) is 0 Å². The summed E-state index contributed by atoms with van der Waals surface area (Å²) in [6.07, 6.45) is 0.416. The normalized spacial score (nSPS) is 16.8. The monoisotopic (exact) mass is 365 g/mol. The van der Waals surface area contributed by atoms with Crippen molar-refractivity contribution in [3.05, 3.63) is 29.3 Å². The number of alkyl halides is 1. The van der Waals surface area contributed by atoms with Crippen LogP contribution < -0.4 is 10.6 Å². The predicted molar refractivity (Wildman–Crippen MR) is 88.9 cm³/mol. The van der Waals surface area contributed by atoms with Crippen LogP contribution in [0.4, 0.5) is 5.69 Å². The van der Waals surface area contributed by atoms with Crippen LogP contribution in [0.1, 0.15) is 28.8 Å². The maximum absolute atomic E-state index is 12.6. The van der Waals surface area contributed by atoms with Crippen molar-refractivity contribution >= 4 is 47.3 Å². The highest BCUT2D eigenvalue weighted by Gasteiger charge is 2.35. The fourth-order valence-corrected chi connectivity index (χ4v) is 2.59. The molecule has 0 radical (unpaired) electrons. The molecule has 0 saturated carbocycles. The van der Waals surface area contributed by atoms with E-state index < -0.39 is 29.7 Å². The minimum Gasteiger partial charge on any atom is -0.325 e. The van der Waals surface area contributed by atoms with Gasteiger partial charge in [0.05, 0.1) is 0 Å². The topological polar surface area (TPSA) is 113 Å². The maximum atomic E-state index is 12.6. The third kappa shape index (κ3) is 4.21. The van der Waals surface area contributed by atoms with Gasteiger partial charge in [-0.25, -0.2) is 0 Å². The summed E-state index contributed by atoms with van der Waals surface area (Å²) in [6, 6.07) is 3.48. The summed E-state index contributed by atoms with van der Waals surface area (Å²) in [5.74, 6) is -2.36. The first-order valence-electron chi connectivity index (χ1n) is 7.45. The first kappa shape index (κ1) is 18.6. The van der Waals surface area contributed by atoms with Crippen LogP contribution in [0.3, 0.4) is 0 Å². The SMILES string of the molecule is Cc1cc(NC(=O)CCl)ccc1C(=O)N(C=O)C1CCC(=O)NC1=O. The summed E-state index contributed by atoms with van der Waals surface area (Å²) < 4.78 is 0. The number of imide groups is 2. The molecule has 9 heteroatoms. The predicted octanol–water partition coefficient (Wildman–Crippen LogP) is 0.576. The molecular formula is C16H16ClN3O5. The lowest BCUT2D eigenvalue weighted by atomic mass is 10.0. The standard InChI is InChI=1S/C16H16ClN3O5/c1-9-6-10(18-14(23)7-17)2-3-11(9)16(25)20(8-21)12-4-5-13(22)19-15(12)24/h2-3,6,8,12H,4-5,7H2,1H3,(H,18,23)(H,19,22,24). The third-order valence-electron chi connectivity index (χ3n) is 3.76. The smallest absolute Gasteiger partial charge is 0.261 e. The van der Waals surface area contributed by atoms with Crippen LogP contribution in [0, 0.1) is 6.92 Å². The molecule has 1 aromatic carbocycles. The first-order chi connectivity index (χ1) is 11.9. The molecule has 0 spiro atoms. The van der Waals surface area contributed by atoms with Crippen LogP contribution in [0.2, 0.25) is 0 Å². The molecule has 132 valence electrons. The van der Waals surface area contributed by atoms with Crippen molar-refractivity contribution in [3.8, 4) is 0 Å². The van der Waals surface area contributed by atoms with Gasteiger partial charge in [0.2, 0.25) is 24.1 Å². The Morgan fingerprint density at radius 1 is 1.40 bits per heavy atom. The Balaban J connectivity index is 2.23. The Kier molecular flexibility index (Phi) is 5.87. The summed E-state index contributed by atoms with van der Waals surface area (Å²) in [6.45, 7) is 1.64. The molecule has 2 rings (SSSR count). The molecule has 1 aliphatic heterocycles. The van der Waals surface area contributed by atoms with Crippen molar-refractivity contribution < 1.29 is 24.0 Å². The number of hydrogen-bond acceptors (Lipinski definition) is 5. The van der Waals surface area contributed by atoms with Crippen molar-refractivity contribution in [2.24, 2.45) is 0 Å². The minimum atomic E-state index is -1.03. The van der Waals surface area contributed by atoms with E-state index >= 15 is 0 Å². The molecule has 2 N–H and O–H groups in total. The van der Waals surface area contributed by atoms with E-state index in [1.54, 1.807) is 13.0 Å². The van der Waals surface area contributed by atoms with Crippen LogP contribution in [0.15, 0.2) is 18.2 Å². The molecule has 1 atom stereocenters. The summed E-state index contributed by atoms with van der Waals surface area (Å²) in [5, 5.41) is 4.66. The van der Waals surface area contributed by atoms with Crippen molar-refractivity contribution in [1.29, 1.82) is 0 Å². The highest BCUT2D eigenvalue weighted by molar-refractivity contribution is 6.29. The number of nitrogens with zero attached hydrogens (tertiary/aromatic N) is 1. The van der Waals surface area contributed by atoms with E-state index in [-0.39, 0.29) is 30.7 Å². The lowest BCUT2D eigenvalue weighted by molar-refractivity contribution is -0.139. The Hall–Kier alpha value is -2.74. The van der Waals surface area contributed by atoms with Gasteiger partial charge >= 0.3 is 0 Å². The Labute approximate surface area is 148 Å². The molecule has 5 amide bonds. The number of carbonyl (C=O) groups is 5. The molecule has 25 heavy (non-hydrogen) atoms. The maximum Gasteiger partial charge on any atom is 0.261 e. The second-order valence-electron chi connectivity index (χ2n) is 5.50. The zero-order valence-corrected chi connectivity index (χ0v) is 14.1. The van der Waals surface area contributed by atoms with Crippen LogP contribution in [-0.2, 0) is 19.2 Å². The summed E-state index contributed by atoms with van der Waals surface area (Å²) in [7, 11) is 0. The fourth-order valence-electron chi connectivity index (χ4n) is 2.53. The van der Waals surface area contributed by atoms with Crippen molar-refractivity contribution in [2.45, 2.75) is 25.8 Å². The molecule has 8 nitrogen and oxygen atoms in total. The van der Waals surface area contributed by atoms with Gasteiger partial charge in [-0.1, -0.05) is 0 Å². The summed E-state index contributed by atoms with van der Waals surface area (Å²) in [4.78, 5) is 59.2. The number of rotatable bonds is 5. The number of hydrogen-bond donors (Lipinski definition) is 2. The van der Waals surface area contributed by atoms with Gasteiger partial charge in [-0.3, -0.25) is 34.2 Å². The zero-order chi connectivity index (χ0) is 18.6. The second-order valence-corrected chi connectivity index (χ2v) is 5.76. The quantitative estimate of drug-likeness (QED) is 0.450. The molecule has 1 saturated heterocycles. The lowest BCUT2D eigenvalue weighted by Crippen LogP contribution is -2.53. The number of carbonyl (C=O) groups excluding carboxylic acids is 5. The number of nitrogens with one attached hydrogen (secondary N) is 2. The van der Waals surface area contributed by atoms with Gasteiger partial charge in [-0.05, 0) is 37.1 Å². The number of halogens is 1.